The number of rotatable bonds is 3. The molecule has 1 rings (SSSR count). The Morgan fingerprint density at radius 1 is 1.50 bits per heavy atom. The molecule has 0 amide bonds. The molecule has 1 nitrogen and oxygen atoms in total. The second-order valence-electron chi connectivity index (χ2n) is 2.40. The van der Waals surface area contributed by atoms with Crippen molar-refractivity contribution in [1.29, 1.82) is 0 Å². The lowest BCUT2D eigenvalue weighted by molar-refractivity contribution is 0.0995. The van der Waals surface area contributed by atoms with Gasteiger partial charge in [-0.2, -0.15) is 0 Å². The Kier molecular flexibility index (Phi) is 3.47. The van der Waals surface area contributed by atoms with E-state index in [1.807, 2.05) is 24.3 Å². The number of hydrogen-bond acceptors (Lipinski definition) is 1. The van der Waals surface area contributed by atoms with E-state index >= 15 is 0 Å². The lowest BCUT2D eigenvalue weighted by Gasteiger charge is -1.99. The molecule has 0 aliphatic carbocycles. The van der Waals surface area contributed by atoms with E-state index in [1.165, 1.54) is 0 Å². The summed E-state index contributed by atoms with van der Waals surface area (Å²) in [6.45, 7) is 3.53. The molecule has 0 bridgehead atoms. The first-order valence-corrected chi connectivity index (χ1v) is 4.72. The first-order chi connectivity index (χ1) is 5.75. The summed E-state index contributed by atoms with van der Waals surface area (Å²) in [6, 6.07) is 7.56. The van der Waals surface area contributed by atoms with Crippen LogP contribution in [0.4, 0.5) is 0 Å². The highest BCUT2D eigenvalue weighted by Gasteiger charge is 2.05. The Hall–Kier alpha value is -0.640. The summed E-state index contributed by atoms with van der Waals surface area (Å²) in [5.74, 6) is 0.134. The molecule has 0 aliphatic heterocycles. The van der Waals surface area contributed by atoms with Gasteiger partial charge in [-0.25, -0.2) is 0 Å². The van der Waals surface area contributed by atoms with Gasteiger partial charge in [0.15, 0.2) is 5.78 Å². The average Bonchev–Trinajstić information content (AvgIpc) is 2.05. The van der Waals surface area contributed by atoms with Crippen molar-refractivity contribution in [3.05, 3.63) is 46.1 Å². The second kappa shape index (κ2) is 4.40. The fraction of sp³-hybridized carbons (Fsp3) is 0.100. The van der Waals surface area contributed by atoms with Gasteiger partial charge in [0.2, 0.25) is 0 Å². The summed E-state index contributed by atoms with van der Waals surface area (Å²) >= 11 is 2.16. The van der Waals surface area contributed by atoms with E-state index in [2.05, 4.69) is 29.2 Å². The van der Waals surface area contributed by atoms with E-state index in [0.717, 1.165) is 9.13 Å². The van der Waals surface area contributed by atoms with Crippen molar-refractivity contribution in [2.75, 3.05) is 0 Å². The largest absolute Gasteiger partial charge is 0.294 e. The summed E-state index contributed by atoms with van der Waals surface area (Å²) in [7, 11) is 0. The fourth-order valence-corrected chi connectivity index (χ4v) is 1.62. The number of carbonyl (C=O) groups excluding carboxylic acids is 1. The van der Waals surface area contributed by atoms with Gasteiger partial charge in [0, 0.05) is 15.6 Å². The van der Waals surface area contributed by atoms with Crippen LogP contribution in [-0.4, -0.2) is 5.78 Å². The van der Waals surface area contributed by atoms with Crippen LogP contribution in [0.3, 0.4) is 0 Å². The SMILES string of the molecule is C=CCC(=O)c1ccccc1I. The molecule has 62 valence electrons. The zero-order valence-corrected chi connectivity index (χ0v) is 8.74. The van der Waals surface area contributed by atoms with Crippen LogP contribution in [0, 0.1) is 3.57 Å². The third-order valence-corrected chi connectivity index (χ3v) is 2.44. The van der Waals surface area contributed by atoms with Crippen molar-refractivity contribution in [2.24, 2.45) is 0 Å². The van der Waals surface area contributed by atoms with Crippen molar-refractivity contribution in [2.45, 2.75) is 6.42 Å². The Labute approximate surface area is 85.6 Å². The predicted octanol–water partition coefficient (Wildman–Crippen LogP) is 3.05. The molecule has 0 heterocycles. The van der Waals surface area contributed by atoms with Crippen molar-refractivity contribution < 1.29 is 4.79 Å². The molecular formula is C10H9IO. The van der Waals surface area contributed by atoms with Crippen molar-refractivity contribution in [1.82, 2.24) is 0 Å². The lowest BCUT2D eigenvalue weighted by atomic mass is 10.1. The summed E-state index contributed by atoms with van der Waals surface area (Å²) in [5.41, 5.74) is 0.790. The van der Waals surface area contributed by atoms with Gasteiger partial charge < -0.3 is 0 Å². The molecular weight excluding hydrogens is 263 g/mol. The van der Waals surface area contributed by atoms with Gasteiger partial charge in [0.05, 0.1) is 0 Å². The molecule has 0 atom stereocenters. The van der Waals surface area contributed by atoms with E-state index in [-0.39, 0.29) is 5.78 Å². The molecule has 2 heteroatoms. The van der Waals surface area contributed by atoms with Gasteiger partial charge in [-0.3, -0.25) is 4.79 Å². The molecule has 0 fully saturated rings. The van der Waals surface area contributed by atoms with Crippen LogP contribution in [0.1, 0.15) is 16.8 Å². The number of allylic oxidation sites excluding steroid dienone is 1. The fourth-order valence-electron chi connectivity index (χ4n) is 0.928. The minimum atomic E-state index is 0.134. The first-order valence-electron chi connectivity index (χ1n) is 3.64. The van der Waals surface area contributed by atoms with Crippen LogP contribution in [-0.2, 0) is 0 Å². The molecule has 0 aromatic heterocycles. The highest BCUT2D eigenvalue weighted by molar-refractivity contribution is 14.1. The summed E-state index contributed by atoms with van der Waals surface area (Å²) in [4.78, 5) is 11.4. The highest BCUT2D eigenvalue weighted by atomic mass is 127. The molecule has 0 saturated heterocycles. The van der Waals surface area contributed by atoms with Gasteiger partial charge in [-0.15, -0.1) is 6.58 Å². The maximum Gasteiger partial charge on any atom is 0.167 e. The molecule has 0 saturated carbocycles. The Balaban J connectivity index is 2.94. The molecule has 0 aliphatic rings. The zero-order chi connectivity index (χ0) is 8.97. The van der Waals surface area contributed by atoms with Crippen molar-refractivity contribution >= 4 is 28.4 Å². The molecule has 1 aromatic carbocycles. The number of hydrogen-bond donors (Lipinski definition) is 0. The molecule has 0 N–H and O–H groups in total. The number of Topliss-reactive ketones (excluding diaryl/α,β-unsaturated/α-hetero) is 1. The average molecular weight is 272 g/mol. The molecule has 0 unspecified atom stereocenters. The van der Waals surface area contributed by atoms with Gasteiger partial charge in [-0.1, -0.05) is 24.3 Å². The number of halogens is 1. The third-order valence-electron chi connectivity index (χ3n) is 1.50. The molecule has 1 aromatic rings. The molecule has 0 spiro atoms. The quantitative estimate of drug-likeness (QED) is 0.469. The van der Waals surface area contributed by atoms with Crippen LogP contribution < -0.4 is 0 Å². The van der Waals surface area contributed by atoms with Gasteiger partial charge in [0.25, 0.3) is 0 Å². The van der Waals surface area contributed by atoms with E-state index in [9.17, 15) is 4.79 Å². The van der Waals surface area contributed by atoms with Crippen LogP contribution in [0.2, 0.25) is 0 Å². The maximum atomic E-state index is 11.4. The zero-order valence-electron chi connectivity index (χ0n) is 6.59. The minimum absolute atomic E-state index is 0.134. The standard InChI is InChI=1S/C10H9IO/c1-2-5-10(12)8-6-3-4-7-9(8)11/h2-4,6-7H,1,5H2. The van der Waals surface area contributed by atoms with Crippen LogP contribution in [0.15, 0.2) is 36.9 Å². The second-order valence-corrected chi connectivity index (χ2v) is 3.56. The first kappa shape index (κ1) is 9.45. The molecule has 0 radical (unpaired) electrons. The van der Waals surface area contributed by atoms with E-state index in [4.69, 9.17) is 0 Å². The molecule has 12 heavy (non-hydrogen) atoms. The Bertz CT molecular complexity index is 304. The monoisotopic (exact) mass is 272 g/mol. The topological polar surface area (TPSA) is 17.1 Å². The number of benzene rings is 1. The lowest BCUT2D eigenvalue weighted by Crippen LogP contribution is -1.99. The van der Waals surface area contributed by atoms with E-state index in [0.29, 0.717) is 6.42 Å². The van der Waals surface area contributed by atoms with Crippen molar-refractivity contribution in [3.8, 4) is 0 Å². The number of carbonyl (C=O) groups is 1. The Morgan fingerprint density at radius 3 is 2.75 bits per heavy atom. The van der Waals surface area contributed by atoms with Crippen LogP contribution in [0.25, 0.3) is 0 Å². The maximum absolute atomic E-state index is 11.4. The third kappa shape index (κ3) is 2.17. The predicted molar refractivity (Wildman–Crippen MR) is 58.3 cm³/mol. The van der Waals surface area contributed by atoms with E-state index < -0.39 is 0 Å². The summed E-state index contributed by atoms with van der Waals surface area (Å²) < 4.78 is 1.00. The van der Waals surface area contributed by atoms with E-state index in [1.54, 1.807) is 6.08 Å². The highest BCUT2D eigenvalue weighted by Crippen LogP contribution is 2.13. The van der Waals surface area contributed by atoms with Gasteiger partial charge in [0.1, 0.15) is 0 Å². The van der Waals surface area contributed by atoms with Gasteiger partial charge >= 0.3 is 0 Å². The Morgan fingerprint density at radius 2 is 2.17 bits per heavy atom. The summed E-state index contributed by atoms with van der Waals surface area (Å²) in [5, 5.41) is 0. The minimum Gasteiger partial charge on any atom is -0.294 e. The number of ketones is 1. The normalized spacial score (nSPS) is 9.42. The summed E-state index contributed by atoms with van der Waals surface area (Å²) in [6.07, 6.45) is 2.05. The van der Waals surface area contributed by atoms with Crippen molar-refractivity contribution in [3.63, 3.8) is 0 Å². The smallest absolute Gasteiger partial charge is 0.167 e. The van der Waals surface area contributed by atoms with Crippen LogP contribution >= 0.6 is 22.6 Å². The van der Waals surface area contributed by atoms with Gasteiger partial charge in [-0.05, 0) is 28.7 Å². The van der Waals surface area contributed by atoms with Crippen LogP contribution in [0.5, 0.6) is 0 Å².